The number of hydrogen-bond donors (Lipinski definition) is 1. The molecule has 1 atom stereocenters. The molecule has 1 unspecified atom stereocenters. The van der Waals surface area contributed by atoms with Gasteiger partial charge in [0.1, 0.15) is 0 Å². The van der Waals surface area contributed by atoms with E-state index >= 15 is 0 Å². The fraction of sp³-hybridized carbons (Fsp3) is 0.538. The van der Waals surface area contributed by atoms with Gasteiger partial charge in [-0.3, -0.25) is 0 Å². The predicted octanol–water partition coefficient (Wildman–Crippen LogP) is 2.06. The quantitative estimate of drug-likeness (QED) is 0.878. The summed E-state index contributed by atoms with van der Waals surface area (Å²) in [7, 11) is 0. The maximum absolute atomic E-state index is 5.69. The van der Waals surface area contributed by atoms with Crippen LogP contribution in [0.1, 0.15) is 49.4 Å². The van der Waals surface area contributed by atoms with E-state index in [1.165, 1.54) is 24.8 Å². The molecule has 90 valence electrons. The van der Waals surface area contributed by atoms with Crippen LogP contribution >= 0.6 is 0 Å². The highest BCUT2D eigenvalue weighted by atomic mass is 15.3. The standard InChI is InChI=1S/C13H18N4/c1-9(8-14)11-5-6-17-12(7-11)15-13(16-17)10-3-2-4-10/h5-7,9-10H,2-4,8,14H2,1H3. The van der Waals surface area contributed by atoms with Crippen molar-refractivity contribution >= 4 is 5.65 Å². The minimum Gasteiger partial charge on any atom is -0.330 e. The van der Waals surface area contributed by atoms with Crippen LogP contribution in [-0.4, -0.2) is 21.1 Å². The van der Waals surface area contributed by atoms with Gasteiger partial charge in [-0.25, -0.2) is 9.50 Å². The number of nitrogens with two attached hydrogens (primary N) is 1. The Kier molecular flexibility index (Phi) is 2.59. The van der Waals surface area contributed by atoms with Gasteiger partial charge in [0.15, 0.2) is 11.5 Å². The van der Waals surface area contributed by atoms with Crippen LogP contribution in [0.3, 0.4) is 0 Å². The monoisotopic (exact) mass is 230 g/mol. The van der Waals surface area contributed by atoms with Crippen molar-refractivity contribution in [2.24, 2.45) is 5.73 Å². The number of pyridine rings is 1. The van der Waals surface area contributed by atoms with E-state index in [9.17, 15) is 0 Å². The minimum atomic E-state index is 0.379. The Morgan fingerprint density at radius 1 is 1.53 bits per heavy atom. The fourth-order valence-electron chi connectivity index (χ4n) is 2.20. The molecule has 2 N–H and O–H groups in total. The van der Waals surface area contributed by atoms with Crippen molar-refractivity contribution in [1.29, 1.82) is 0 Å². The molecule has 4 heteroatoms. The average molecular weight is 230 g/mol. The topological polar surface area (TPSA) is 56.2 Å². The summed E-state index contributed by atoms with van der Waals surface area (Å²) >= 11 is 0. The second-order valence-electron chi connectivity index (χ2n) is 5.00. The zero-order valence-corrected chi connectivity index (χ0v) is 10.1. The van der Waals surface area contributed by atoms with Crippen molar-refractivity contribution in [3.63, 3.8) is 0 Å². The molecule has 3 rings (SSSR count). The van der Waals surface area contributed by atoms with Crippen molar-refractivity contribution in [3.05, 3.63) is 29.7 Å². The third-order valence-corrected chi connectivity index (χ3v) is 3.77. The number of rotatable bonds is 3. The largest absolute Gasteiger partial charge is 0.330 e. The number of hydrogen-bond acceptors (Lipinski definition) is 3. The van der Waals surface area contributed by atoms with Crippen LogP contribution < -0.4 is 5.73 Å². The van der Waals surface area contributed by atoms with E-state index in [1.54, 1.807) is 0 Å². The summed E-state index contributed by atoms with van der Waals surface area (Å²) in [5.74, 6) is 1.97. The van der Waals surface area contributed by atoms with Crippen molar-refractivity contribution < 1.29 is 0 Å². The first-order valence-electron chi connectivity index (χ1n) is 6.34. The van der Waals surface area contributed by atoms with Crippen LogP contribution in [0.4, 0.5) is 0 Å². The second-order valence-corrected chi connectivity index (χ2v) is 5.00. The molecule has 17 heavy (non-hydrogen) atoms. The lowest BCUT2D eigenvalue weighted by molar-refractivity contribution is 0.402. The minimum absolute atomic E-state index is 0.379. The molecule has 0 bridgehead atoms. The molecule has 1 fully saturated rings. The van der Waals surface area contributed by atoms with E-state index in [0.717, 1.165) is 11.5 Å². The molecule has 0 aromatic carbocycles. The first-order chi connectivity index (χ1) is 8.28. The van der Waals surface area contributed by atoms with E-state index in [0.29, 0.717) is 18.4 Å². The Morgan fingerprint density at radius 2 is 2.35 bits per heavy atom. The molecule has 1 aliphatic rings. The maximum Gasteiger partial charge on any atom is 0.155 e. The zero-order valence-electron chi connectivity index (χ0n) is 10.1. The van der Waals surface area contributed by atoms with Crippen LogP contribution in [0, 0.1) is 0 Å². The van der Waals surface area contributed by atoms with Gasteiger partial charge in [-0.15, -0.1) is 0 Å². The molecule has 1 aliphatic carbocycles. The lowest BCUT2D eigenvalue weighted by Gasteiger charge is -2.21. The molecule has 1 saturated carbocycles. The van der Waals surface area contributed by atoms with Crippen LogP contribution in [0.2, 0.25) is 0 Å². The summed E-state index contributed by atoms with van der Waals surface area (Å²) in [5, 5.41) is 4.54. The third kappa shape index (κ3) is 1.82. The van der Waals surface area contributed by atoms with Crippen molar-refractivity contribution in [2.45, 2.75) is 38.0 Å². The highest BCUT2D eigenvalue weighted by Crippen LogP contribution is 2.34. The van der Waals surface area contributed by atoms with Crippen LogP contribution in [0.5, 0.6) is 0 Å². The van der Waals surface area contributed by atoms with Gasteiger partial charge in [-0.1, -0.05) is 13.3 Å². The molecule has 0 amide bonds. The highest BCUT2D eigenvalue weighted by molar-refractivity contribution is 5.42. The van der Waals surface area contributed by atoms with E-state index in [2.05, 4.69) is 29.1 Å². The molecule has 2 aromatic heterocycles. The Labute approximate surface area is 101 Å². The smallest absolute Gasteiger partial charge is 0.155 e. The molecule has 0 saturated heterocycles. The Bertz CT molecular complexity index is 524. The zero-order chi connectivity index (χ0) is 11.8. The average Bonchev–Trinajstić information content (AvgIpc) is 2.67. The Balaban J connectivity index is 1.98. The molecular weight excluding hydrogens is 212 g/mol. The summed E-state index contributed by atoms with van der Waals surface area (Å²) in [6.45, 7) is 2.80. The summed E-state index contributed by atoms with van der Waals surface area (Å²) < 4.78 is 1.88. The predicted molar refractivity (Wildman–Crippen MR) is 67.0 cm³/mol. The molecule has 0 aliphatic heterocycles. The molecule has 0 spiro atoms. The lowest BCUT2D eigenvalue weighted by Crippen LogP contribution is -2.10. The van der Waals surface area contributed by atoms with Crippen LogP contribution in [-0.2, 0) is 0 Å². The van der Waals surface area contributed by atoms with E-state index in [-0.39, 0.29) is 0 Å². The second kappa shape index (κ2) is 4.11. The van der Waals surface area contributed by atoms with Gasteiger partial charge in [0.25, 0.3) is 0 Å². The first-order valence-corrected chi connectivity index (χ1v) is 6.34. The third-order valence-electron chi connectivity index (χ3n) is 3.77. The fourth-order valence-corrected chi connectivity index (χ4v) is 2.20. The Morgan fingerprint density at radius 3 is 3.00 bits per heavy atom. The summed E-state index contributed by atoms with van der Waals surface area (Å²) in [6.07, 6.45) is 5.79. The number of nitrogens with zero attached hydrogens (tertiary/aromatic N) is 3. The SMILES string of the molecule is CC(CN)c1ccn2nc(C3CCC3)nc2c1. The molecule has 2 heterocycles. The van der Waals surface area contributed by atoms with Gasteiger partial charge in [0, 0.05) is 12.1 Å². The van der Waals surface area contributed by atoms with E-state index in [1.807, 2.05) is 10.7 Å². The van der Waals surface area contributed by atoms with Gasteiger partial charge in [0.05, 0.1) is 0 Å². The van der Waals surface area contributed by atoms with Gasteiger partial charge in [0.2, 0.25) is 0 Å². The molecule has 2 aromatic rings. The first kappa shape index (κ1) is 10.7. The molecule has 0 radical (unpaired) electrons. The van der Waals surface area contributed by atoms with Crippen molar-refractivity contribution in [1.82, 2.24) is 14.6 Å². The lowest BCUT2D eigenvalue weighted by atomic mass is 9.85. The van der Waals surface area contributed by atoms with Gasteiger partial charge in [-0.05, 0) is 43.0 Å². The van der Waals surface area contributed by atoms with Crippen LogP contribution in [0.25, 0.3) is 5.65 Å². The maximum atomic E-state index is 5.69. The van der Waals surface area contributed by atoms with Gasteiger partial charge >= 0.3 is 0 Å². The van der Waals surface area contributed by atoms with E-state index < -0.39 is 0 Å². The molecule has 4 nitrogen and oxygen atoms in total. The number of fused-ring (bicyclic) bond motifs is 1. The van der Waals surface area contributed by atoms with Crippen LogP contribution in [0.15, 0.2) is 18.3 Å². The summed E-state index contributed by atoms with van der Waals surface area (Å²) in [6, 6.07) is 4.19. The molecular formula is C13H18N4. The van der Waals surface area contributed by atoms with Crippen molar-refractivity contribution in [2.75, 3.05) is 6.54 Å². The van der Waals surface area contributed by atoms with Crippen molar-refractivity contribution in [3.8, 4) is 0 Å². The number of aromatic nitrogens is 3. The van der Waals surface area contributed by atoms with Gasteiger partial charge < -0.3 is 5.73 Å². The summed E-state index contributed by atoms with van der Waals surface area (Å²) in [5.41, 5.74) is 7.88. The van der Waals surface area contributed by atoms with E-state index in [4.69, 9.17) is 5.73 Å². The summed E-state index contributed by atoms with van der Waals surface area (Å²) in [4.78, 5) is 4.62. The Hall–Kier alpha value is -1.42. The van der Waals surface area contributed by atoms with Gasteiger partial charge in [-0.2, -0.15) is 5.10 Å². The highest BCUT2D eigenvalue weighted by Gasteiger charge is 2.23. The normalized spacial score (nSPS) is 18.2.